The molecule has 0 unspecified atom stereocenters. The van der Waals surface area contributed by atoms with E-state index in [0.717, 1.165) is 6.41 Å². The Morgan fingerprint density at radius 1 is 1.27 bits per heavy atom. The van der Waals surface area contributed by atoms with Gasteiger partial charge in [0.1, 0.15) is 11.9 Å². The van der Waals surface area contributed by atoms with Crippen LogP contribution in [0.15, 0.2) is 28.8 Å². The Labute approximate surface area is 122 Å². The molecule has 116 valence electrons. The zero-order valence-corrected chi connectivity index (χ0v) is 11.1. The summed E-state index contributed by atoms with van der Waals surface area (Å²) in [6.07, 6.45) is -3.99. The predicted octanol–water partition coefficient (Wildman–Crippen LogP) is 1.97. The zero-order valence-electron chi connectivity index (χ0n) is 11.1. The Morgan fingerprint density at radius 2 is 1.95 bits per heavy atom. The van der Waals surface area contributed by atoms with Crippen LogP contribution in [0.1, 0.15) is 5.89 Å². The summed E-state index contributed by atoms with van der Waals surface area (Å²) >= 11 is 0. The topological polar surface area (TPSA) is 68.5 Å². The van der Waals surface area contributed by atoms with Gasteiger partial charge in [-0.25, -0.2) is 0 Å². The van der Waals surface area contributed by atoms with Crippen LogP contribution < -0.4 is 4.74 Å². The third-order valence-corrected chi connectivity index (χ3v) is 3.11. The summed E-state index contributed by atoms with van der Waals surface area (Å²) in [5, 5.41) is 3.30. The Kier molecular flexibility index (Phi) is 3.47. The van der Waals surface area contributed by atoms with Gasteiger partial charge in [0, 0.05) is 5.56 Å². The van der Waals surface area contributed by atoms with Crippen LogP contribution in [0.25, 0.3) is 11.4 Å². The highest BCUT2D eigenvalue weighted by molar-refractivity contribution is 5.55. The number of likely N-dealkylation sites (tertiary alicyclic amines) is 1. The number of halogens is 3. The molecule has 1 fully saturated rings. The van der Waals surface area contributed by atoms with Crippen molar-refractivity contribution in [3.63, 3.8) is 0 Å². The predicted molar refractivity (Wildman–Crippen MR) is 66.8 cm³/mol. The Balaban J connectivity index is 1.66. The highest BCUT2D eigenvalue weighted by atomic mass is 19.4. The van der Waals surface area contributed by atoms with Crippen LogP contribution in [0.3, 0.4) is 0 Å². The fourth-order valence-corrected chi connectivity index (χ4v) is 1.96. The van der Waals surface area contributed by atoms with Gasteiger partial charge >= 0.3 is 12.1 Å². The van der Waals surface area contributed by atoms with Crippen molar-refractivity contribution < 1.29 is 27.2 Å². The van der Waals surface area contributed by atoms with E-state index in [0.29, 0.717) is 24.4 Å². The smallest absolute Gasteiger partial charge is 0.471 e. The minimum absolute atomic E-state index is 0.0712. The first-order valence-electron chi connectivity index (χ1n) is 6.33. The lowest BCUT2D eigenvalue weighted by atomic mass is 10.2. The average Bonchev–Trinajstić information content (AvgIpc) is 2.93. The number of rotatable bonds is 4. The molecule has 0 bridgehead atoms. The summed E-state index contributed by atoms with van der Waals surface area (Å²) in [5.74, 6) is -0.972. The Bertz CT molecular complexity index is 663. The maximum absolute atomic E-state index is 12.4. The number of hydrogen-bond donors (Lipinski definition) is 0. The van der Waals surface area contributed by atoms with E-state index >= 15 is 0 Å². The van der Waals surface area contributed by atoms with E-state index in [4.69, 9.17) is 4.74 Å². The SMILES string of the molecule is O=CN1CC(Oc2ccc(-c3noc(C(F)(F)F)n3)cc2)C1. The van der Waals surface area contributed by atoms with Crippen LogP contribution in [0.4, 0.5) is 13.2 Å². The highest BCUT2D eigenvalue weighted by Crippen LogP contribution is 2.30. The van der Waals surface area contributed by atoms with Crippen molar-refractivity contribution in [1.82, 2.24) is 15.0 Å². The van der Waals surface area contributed by atoms with Crippen molar-refractivity contribution in [3.05, 3.63) is 30.2 Å². The monoisotopic (exact) mass is 313 g/mol. The molecule has 1 saturated heterocycles. The number of carbonyl (C=O) groups is 1. The van der Waals surface area contributed by atoms with E-state index < -0.39 is 12.1 Å². The lowest BCUT2D eigenvalue weighted by Crippen LogP contribution is -2.52. The molecule has 0 N–H and O–H groups in total. The number of ether oxygens (including phenoxy) is 1. The third-order valence-electron chi connectivity index (χ3n) is 3.11. The molecule has 9 heteroatoms. The average molecular weight is 313 g/mol. The fourth-order valence-electron chi connectivity index (χ4n) is 1.96. The van der Waals surface area contributed by atoms with Crippen LogP contribution in [-0.2, 0) is 11.0 Å². The summed E-state index contributed by atoms with van der Waals surface area (Å²) in [7, 11) is 0. The number of hydrogen-bond acceptors (Lipinski definition) is 5. The second-order valence-electron chi connectivity index (χ2n) is 4.74. The molecular formula is C13H10F3N3O3. The van der Waals surface area contributed by atoms with E-state index in [2.05, 4.69) is 14.7 Å². The van der Waals surface area contributed by atoms with Crippen molar-refractivity contribution in [3.8, 4) is 17.1 Å². The van der Waals surface area contributed by atoms with Crippen molar-refractivity contribution in [2.45, 2.75) is 12.3 Å². The van der Waals surface area contributed by atoms with Gasteiger partial charge in [-0.15, -0.1) is 0 Å². The number of nitrogens with zero attached hydrogens (tertiary/aromatic N) is 3. The van der Waals surface area contributed by atoms with Crippen LogP contribution >= 0.6 is 0 Å². The molecule has 2 aromatic rings. The molecule has 0 radical (unpaired) electrons. The molecule has 1 aromatic carbocycles. The highest BCUT2D eigenvalue weighted by Gasteiger charge is 2.38. The van der Waals surface area contributed by atoms with Gasteiger partial charge in [0.25, 0.3) is 0 Å². The molecule has 2 heterocycles. The third kappa shape index (κ3) is 2.87. The summed E-state index contributed by atoms with van der Waals surface area (Å²) in [6, 6.07) is 6.28. The molecule has 1 amide bonds. The van der Waals surface area contributed by atoms with E-state index in [9.17, 15) is 18.0 Å². The summed E-state index contributed by atoms with van der Waals surface area (Å²) in [6.45, 7) is 1.04. The number of carbonyl (C=O) groups excluding carboxylic acids is 1. The normalized spacial score (nSPS) is 15.5. The first-order valence-corrected chi connectivity index (χ1v) is 6.33. The molecule has 22 heavy (non-hydrogen) atoms. The van der Waals surface area contributed by atoms with E-state index in [1.165, 1.54) is 12.1 Å². The molecule has 0 spiro atoms. The van der Waals surface area contributed by atoms with E-state index in [1.807, 2.05) is 0 Å². The van der Waals surface area contributed by atoms with Crippen LogP contribution in [0, 0.1) is 0 Å². The van der Waals surface area contributed by atoms with E-state index in [1.54, 1.807) is 17.0 Å². The molecule has 0 aliphatic carbocycles. The van der Waals surface area contributed by atoms with Gasteiger partial charge in [-0.3, -0.25) is 4.79 Å². The minimum atomic E-state index is -4.66. The summed E-state index contributed by atoms with van der Waals surface area (Å²) < 4.78 is 46.9. The first kappa shape index (κ1) is 14.4. The van der Waals surface area contributed by atoms with Crippen LogP contribution in [0.5, 0.6) is 5.75 Å². The number of aromatic nitrogens is 2. The van der Waals surface area contributed by atoms with Gasteiger partial charge in [0.2, 0.25) is 12.2 Å². The van der Waals surface area contributed by atoms with Crippen LogP contribution in [0.2, 0.25) is 0 Å². The van der Waals surface area contributed by atoms with Gasteiger partial charge in [-0.1, -0.05) is 5.16 Å². The minimum Gasteiger partial charge on any atom is -0.487 e. The lowest BCUT2D eigenvalue weighted by molar-refractivity contribution is -0.159. The Morgan fingerprint density at radius 3 is 2.50 bits per heavy atom. The largest absolute Gasteiger partial charge is 0.487 e. The van der Waals surface area contributed by atoms with Crippen LogP contribution in [-0.4, -0.2) is 40.6 Å². The van der Waals surface area contributed by atoms with Crippen molar-refractivity contribution in [1.29, 1.82) is 0 Å². The Hall–Kier alpha value is -2.58. The quantitative estimate of drug-likeness (QED) is 0.807. The second kappa shape index (κ2) is 5.32. The van der Waals surface area contributed by atoms with Gasteiger partial charge in [-0.05, 0) is 24.3 Å². The molecule has 0 atom stereocenters. The number of alkyl halides is 3. The summed E-state index contributed by atoms with van der Waals surface area (Å²) in [5.41, 5.74) is 0.384. The fraction of sp³-hybridized carbons (Fsp3) is 0.308. The van der Waals surface area contributed by atoms with Gasteiger partial charge in [-0.2, -0.15) is 18.2 Å². The first-order chi connectivity index (χ1) is 10.5. The van der Waals surface area contributed by atoms with Crippen molar-refractivity contribution in [2.24, 2.45) is 0 Å². The lowest BCUT2D eigenvalue weighted by Gasteiger charge is -2.36. The maximum Gasteiger partial charge on any atom is 0.471 e. The van der Waals surface area contributed by atoms with Crippen molar-refractivity contribution in [2.75, 3.05) is 13.1 Å². The molecule has 1 aliphatic rings. The van der Waals surface area contributed by atoms with Gasteiger partial charge in [0.15, 0.2) is 0 Å². The standard InChI is InChI=1S/C13H10F3N3O3/c14-13(15,16)12-17-11(18-22-12)8-1-3-9(4-2-8)21-10-5-19(6-10)7-20/h1-4,7,10H,5-6H2. The molecule has 1 aromatic heterocycles. The molecule has 0 saturated carbocycles. The molecule has 6 nitrogen and oxygen atoms in total. The number of benzene rings is 1. The van der Waals surface area contributed by atoms with E-state index in [-0.39, 0.29) is 11.9 Å². The van der Waals surface area contributed by atoms with Gasteiger partial charge < -0.3 is 14.2 Å². The molecule has 1 aliphatic heterocycles. The summed E-state index contributed by atoms with van der Waals surface area (Å²) in [4.78, 5) is 15.3. The second-order valence-corrected chi connectivity index (χ2v) is 4.74. The van der Waals surface area contributed by atoms with Crippen molar-refractivity contribution >= 4 is 6.41 Å². The zero-order chi connectivity index (χ0) is 15.7. The van der Waals surface area contributed by atoms with Gasteiger partial charge in [0.05, 0.1) is 13.1 Å². The molecular weight excluding hydrogens is 303 g/mol. The maximum atomic E-state index is 12.4. The molecule has 3 rings (SSSR count). The number of amides is 1.